The molecule has 126 valence electrons. The molecule has 1 atom stereocenters. The van der Waals surface area contributed by atoms with Crippen LogP contribution in [0.15, 0.2) is 36.8 Å². The van der Waals surface area contributed by atoms with Crippen molar-refractivity contribution < 1.29 is 9.18 Å². The third kappa shape index (κ3) is 4.05. The molecule has 0 spiro atoms. The molecule has 2 aromatic heterocycles. The molecular formula is C17H20FN5O. The Morgan fingerprint density at radius 3 is 3.08 bits per heavy atom. The van der Waals surface area contributed by atoms with Crippen molar-refractivity contribution in [1.29, 1.82) is 0 Å². The molecule has 1 aliphatic heterocycles. The van der Waals surface area contributed by atoms with Gasteiger partial charge in [-0.15, -0.1) is 0 Å². The van der Waals surface area contributed by atoms with Crippen LogP contribution in [0, 0.1) is 11.7 Å². The molecular weight excluding hydrogens is 309 g/mol. The first-order valence-electron chi connectivity index (χ1n) is 7.92. The van der Waals surface area contributed by atoms with Gasteiger partial charge in [0.25, 0.3) is 5.91 Å². The third-order valence-corrected chi connectivity index (χ3v) is 4.21. The van der Waals surface area contributed by atoms with Gasteiger partial charge in [0.1, 0.15) is 11.6 Å². The molecule has 0 unspecified atom stereocenters. The van der Waals surface area contributed by atoms with Crippen molar-refractivity contribution in [3.8, 4) is 0 Å². The topological polar surface area (TPSA) is 84.1 Å². The zero-order valence-corrected chi connectivity index (χ0v) is 13.3. The molecule has 2 aromatic rings. The van der Waals surface area contributed by atoms with Gasteiger partial charge in [-0.2, -0.15) is 0 Å². The van der Waals surface area contributed by atoms with Gasteiger partial charge >= 0.3 is 0 Å². The summed E-state index contributed by atoms with van der Waals surface area (Å²) in [6.45, 7) is 2.89. The van der Waals surface area contributed by atoms with Crippen LogP contribution in [0.5, 0.6) is 0 Å². The maximum Gasteiger partial charge on any atom is 0.251 e. The highest BCUT2D eigenvalue weighted by Gasteiger charge is 2.23. The normalized spacial score (nSPS) is 17.8. The van der Waals surface area contributed by atoms with E-state index in [-0.39, 0.29) is 11.7 Å². The van der Waals surface area contributed by atoms with E-state index in [1.54, 1.807) is 24.4 Å². The Morgan fingerprint density at radius 2 is 2.29 bits per heavy atom. The van der Waals surface area contributed by atoms with Crippen molar-refractivity contribution in [3.63, 3.8) is 0 Å². The van der Waals surface area contributed by atoms with Crippen molar-refractivity contribution in [1.82, 2.24) is 20.2 Å². The molecule has 1 aliphatic rings. The minimum atomic E-state index is -0.274. The summed E-state index contributed by atoms with van der Waals surface area (Å²) in [6.07, 6.45) is 5.34. The molecule has 1 fully saturated rings. The second kappa shape index (κ2) is 7.35. The highest BCUT2D eigenvalue weighted by Crippen LogP contribution is 2.19. The van der Waals surface area contributed by atoms with Gasteiger partial charge in [-0.1, -0.05) is 0 Å². The van der Waals surface area contributed by atoms with E-state index in [9.17, 15) is 9.18 Å². The van der Waals surface area contributed by atoms with Crippen LogP contribution in [0.25, 0.3) is 0 Å². The van der Waals surface area contributed by atoms with Gasteiger partial charge in [-0.25, -0.2) is 9.37 Å². The number of pyridine rings is 2. The minimum absolute atomic E-state index is 0.150. The van der Waals surface area contributed by atoms with Crippen LogP contribution in [-0.2, 0) is 6.54 Å². The molecule has 1 amide bonds. The molecule has 24 heavy (non-hydrogen) atoms. The highest BCUT2D eigenvalue weighted by molar-refractivity contribution is 5.94. The van der Waals surface area contributed by atoms with Crippen molar-refractivity contribution in [3.05, 3.63) is 53.7 Å². The van der Waals surface area contributed by atoms with Crippen molar-refractivity contribution in [2.75, 3.05) is 25.4 Å². The molecule has 3 heterocycles. The number of halogens is 1. The first-order chi connectivity index (χ1) is 11.6. The van der Waals surface area contributed by atoms with Gasteiger partial charge in [-0.3, -0.25) is 14.7 Å². The van der Waals surface area contributed by atoms with Crippen LogP contribution in [0.2, 0.25) is 0 Å². The van der Waals surface area contributed by atoms with Gasteiger partial charge in [0.15, 0.2) is 0 Å². The molecule has 7 heteroatoms. The number of carbonyl (C=O) groups is 1. The number of amides is 1. The van der Waals surface area contributed by atoms with Crippen LogP contribution in [0.4, 0.5) is 10.2 Å². The van der Waals surface area contributed by atoms with Gasteiger partial charge < -0.3 is 11.1 Å². The fourth-order valence-corrected chi connectivity index (χ4v) is 2.92. The van der Waals surface area contributed by atoms with Crippen LogP contribution < -0.4 is 11.1 Å². The second-order valence-electron chi connectivity index (χ2n) is 6.04. The predicted molar refractivity (Wildman–Crippen MR) is 88.6 cm³/mol. The lowest BCUT2D eigenvalue weighted by Crippen LogP contribution is -2.31. The number of carbonyl (C=O) groups excluding carboxylic acids is 1. The Kier molecular flexibility index (Phi) is 5.00. The molecule has 0 aromatic carbocycles. The summed E-state index contributed by atoms with van der Waals surface area (Å²) in [5.41, 5.74) is 6.75. The first-order valence-corrected chi connectivity index (χ1v) is 7.92. The summed E-state index contributed by atoms with van der Waals surface area (Å²) >= 11 is 0. The van der Waals surface area contributed by atoms with Crippen molar-refractivity contribution in [2.24, 2.45) is 5.92 Å². The number of nitrogen functional groups attached to an aromatic ring is 1. The molecule has 6 nitrogen and oxygen atoms in total. The van der Waals surface area contributed by atoms with Crippen LogP contribution in [0.1, 0.15) is 22.3 Å². The monoisotopic (exact) mass is 329 g/mol. The minimum Gasteiger partial charge on any atom is -0.384 e. The van der Waals surface area contributed by atoms with E-state index in [4.69, 9.17) is 5.73 Å². The van der Waals surface area contributed by atoms with E-state index in [0.29, 0.717) is 36.0 Å². The molecule has 0 bridgehead atoms. The second-order valence-corrected chi connectivity index (χ2v) is 6.04. The maximum atomic E-state index is 13.7. The molecule has 0 saturated carbocycles. The van der Waals surface area contributed by atoms with Crippen LogP contribution in [0.3, 0.4) is 0 Å². The Hall–Kier alpha value is -2.54. The molecule has 3 rings (SSSR count). The van der Waals surface area contributed by atoms with E-state index in [0.717, 1.165) is 19.5 Å². The number of aromatic nitrogens is 2. The van der Waals surface area contributed by atoms with E-state index in [2.05, 4.69) is 20.2 Å². The SMILES string of the molecule is Nc1cc(C(=O)NC[C@H]2CCN(Cc3ccncc3F)C2)ccn1. The maximum absolute atomic E-state index is 13.7. The number of nitrogens with one attached hydrogen (secondary N) is 1. The fraction of sp³-hybridized carbons (Fsp3) is 0.353. The first kappa shape index (κ1) is 16.3. The van der Waals surface area contributed by atoms with Crippen LogP contribution >= 0.6 is 0 Å². The summed E-state index contributed by atoms with van der Waals surface area (Å²) in [4.78, 5) is 21.9. The number of hydrogen-bond acceptors (Lipinski definition) is 5. The van der Waals surface area contributed by atoms with Crippen molar-refractivity contribution in [2.45, 2.75) is 13.0 Å². The summed E-state index contributed by atoms with van der Waals surface area (Å²) in [5, 5.41) is 2.93. The number of rotatable bonds is 5. The Labute approximate surface area is 139 Å². The highest BCUT2D eigenvalue weighted by atomic mass is 19.1. The van der Waals surface area contributed by atoms with E-state index < -0.39 is 0 Å². The summed E-state index contributed by atoms with van der Waals surface area (Å²) < 4.78 is 13.7. The van der Waals surface area contributed by atoms with Gasteiger partial charge in [0.05, 0.1) is 6.20 Å². The third-order valence-electron chi connectivity index (χ3n) is 4.21. The molecule has 0 radical (unpaired) electrons. The number of nitrogens with two attached hydrogens (primary N) is 1. The molecule has 1 saturated heterocycles. The lowest BCUT2D eigenvalue weighted by atomic mass is 10.1. The lowest BCUT2D eigenvalue weighted by Gasteiger charge is -2.16. The smallest absolute Gasteiger partial charge is 0.251 e. The van der Waals surface area contributed by atoms with Gasteiger partial charge in [0.2, 0.25) is 0 Å². The lowest BCUT2D eigenvalue weighted by molar-refractivity contribution is 0.0947. The standard InChI is InChI=1S/C17H20FN5O/c18-15-9-20-4-1-14(15)11-23-6-3-12(10-23)8-22-17(24)13-2-5-21-16(19)7-13/h1-2,4-5,7,9,12H,3,6,8,10-11H2,(H2,19,21)(H,22,24)/t12-/m1/s1. The predicted octanol–water partition coefficient (Wildman–Crippen LogP) is 1.45. The quantitative estimate of drug-likeness (QED) is 0.867. The van der Waals surface area contributed by atoms with Gasteiger partial charge in [0, 0.05) is 43.2 Å². The number of anilines is 1. The zero-order valence-electron chi connectivity index (χ0n) is 13.3. The van der Waals surface area contributed by atoms with E-state index in [1.165, 1.54) is 12.4 Å². The number of hydrogen-bond donors (Lipinski definition) is 2. The Morgan fingerprint density at radius 1 is 1.42 bits per heavy atom. The Balaban J connectivity index is 1.48. The fourth-order valence-electron chi connectivity index (χ4n) is 2.92. The van der Waals surface area contributed by atoms with Crippen molar-refractivity contribution >= 4 is 11.7 Å². The zero-order chi connectivity index (χ0) is 16.9. The summed E-state index contributed by atoms with van der Waals surface area (Å²) in [7, 11) is 0. The van der Waals surface area contributed by atoms with Crippen LogP contribution in [-0.4, -0.2) is 40.4 Å². The number of nitrogens with zero attached hydrogens (tertiary/aromatic N) is 3. The summed E-state index contributed by atoms with van der Waals surface area (Å²) in [6, 6.07) is 4.90. The van der Waals surface area contributed by atoms with Gasteiger partial charge in [-0.05, 0) is 37.1 Å². The Bertz CT molecular complexity index is 724. The average molecular weight is 329 g/mol. The van der Waals surface area contributed by atoms with E-state index >= 15 is 0 Å². The molecule has 3 N–H and O–H groups in total. The largest absolute Gasteiger partial charge is 0.384 e. The molecule has 0 aliphatic carbocycles. The number of likely N-dealkylation sites (tertiary alicyclic amines) is 1. The summed E-state index contributed by atoms with van der Waals surface area (Å²) in [5.74, 6) is 0.263. The van der Waals surface area contributed by atoms with E-state index in [1.807, 2.05) is 0 Å². The average Bonchev–Trinajstić information content (AvgIpc) is 3.02.